The maximum atomic E-state index is 12.8. The van der Waals surface area contributed by atoms with Crippen LogP contribution in [0.25, 0.3) is 0 Å². The van der Waals surface area contributed by atoms with Crippen molar-refractivity contribution in [3.05, 3.63) is 59.7 Å². The molecule has 0 bridgehead atoms. The molecule has 3 rings (SSSR count). The highest BCUT2D eigenvalue weighted by Gasteiger charge is 2.51. The molecule has 1 atom stereocenters. The highest BCUT2D eigenvalue weighted by molar-refractivity contribution is 7.83. The third kappa shape index (κ3) is 4.91. The first-order chi connectivity index (χ1) is 13.4. The van der Waals surface area contributed by atoms with Crippen LogP contribution in [0.3, 0.4) is 0 Å². The third-order valence-electron chi connectivity index (χ3n) is 5.26. The first kappa shape index (κ1) is 22.0. The number of hydrogen-bond donors (Lipinski definition) is 1. The van der Waals surface area contributed by atoms with E-state index in [1.165, 1.54) is 12.1 Å². The van der Waals surface area contributed by atoms with Crippen molar-refractivity contribution in [3.8, 4) is 0 Å². The van der Waals surface area contributed by atoms with Gasteiger partial charge in [-0.3, -0.25) is 0 Å². The van der Waals surface area contributed by atoms with Crippen LogP contribution in [0.2, 0.25) is 0 Å². The largest absolute Gasteiger partial charge is 0.494 e. The van der Waals surface area contributed by atoms with Gasteiger partial charge >= 0.3 is 13.3 Å². The fourth-order valence-corrected chi connectivity index (χ4v) is 3.75. The molecule has 1 aliphatic heterocycles. The maximum absolute atomic E-state index is 12.8. The topological polar surface area (TPSA) is 47.6 Å². The van der Waals surface area contributed by atoms with Crippen molar-refractivity contribution in [3.63, 3.8) is 0 Å². The SMILES string of the molecule is CC1(C)OB(c2cccc(CNS(=O)c3cccc(C(F)(F)F)c3)c2)OC1(C)C. The summed E-state index contributed by atoms with van der Waals surface area (Å²) < 4.78 is 65.8. The van der Waals surface area contributed by atoms with Gasteiger partial charge in [-0.25, -0.2) is 8.93 Å². The average Bonchev–Trinajstić information content (AvgIpc) is 2.87. The summed E-state index contributed by atoms with van der Waals surface area (Å²) in [5.41, 5.74) is -0.105. The summed E-state index contributed by atoms with van der Waals surface area (Å²) in [6.45, 7) is 8.09. The minimum Gasteiger partial charge on any atom is -0.399 e. The zero-order valence-electron chi connectivity index (χ0n) is 16.7. The van der Waals surface area contributed by atoms with Crippen LogP contribution in [0.15, 0.2) is 53.4 Å². The highest BCUT2D eigenvalue weighted by atomic mass is 32.2. The first-order valence-corrected chi connectivity index (χ1v) is 10.3. The summed E-state index contributed by atoms with van der Waals surface area (Å²) in [5, 5.41) is 0. The van der Waals surface area contributed by atoms with E-state index in [2.05, 4.69) is 4.72 Å². The second kappa shape index (κ2) is 7.87. The normalized spacial score (nSPS) is 19.3. The molecule has 0 spiro atoms. The molecule has 1 fully saturated rings. The lowest BCUT2D eigenvalue weighted by Crippen LogP contribution is -2.41. The summed E-state index contributed by atoms with van der Waals surface area (Å²) in [6.07, 6.45) is -4.47. The van der Waals surface area contributed by atoms with Crippen LogP contribution in [0.4, 0.5) is 13.2 Å². The molecule has 9 heteroatoms. The van der Waals surface area contributed by atoms with Gasteiger partial charge < -0.3 is 9.31 Å². The Morgan fingerprint density at radius 3 is 2.24 bits per heavy atom. The Kier molecular flexibility index (Phi) is 5.97. The number of halogens is 3. The van der Waals surface area contributed by atoms with E-state index in [9.17, 15) is 17.4 Å². The van der Waals surface area contributed by atoms with E-state index in [1.54, 1.807) is 0 Å². The third-order valence-corrected chi connectivity index (χ3v) is 6.35. The lowest BCUT2D eigenvalue weighted by molar-refractivity contribution is -0.137. The predicted molar refractivity (Wildman–Crippen MR) is 107 cm³/mol. The zero-order valence-corrected chi connectivity index (χ0v) is 17.5. The van der Waals surface area contributed by atoms with E-state index < -0.39 is 41.0 Å². The molecule has 1 heterocycles. The minimum absolute atomic E-state index is 0.0712. The van der Waals surface area contributed by atoms with E-state index in [0.717, 1.165) is 23.2 Å². The molecule has 0 radical (unpaired) electrons. The van der Waals surface area contributed by atoms with E-state index in [1.807, 2.05) is 52.0 Å². The van der Waals surface area contributed by atoms with Crippen molar-refractivity contribution in [1.29, 1.82) is 0 Å². The Bertz CT molecular complexity index is 902. The van der Waals surface area contributed by atoms with Crippen molar-refractivity contribution in [2.75, 3.05) is 0 Å². The van der Waals surface area contributed by atoms with Gasteiger partial charge in [0.05, 0.1) is 21.7 Å². The molecule has 0 aliphatic carbocycles. The van der Waals surface area contributed by atoms with E-state index >= 15 is 0 Å². The van der Waals surface area contributed by atoms with Gasteiger partial charge in [0, 0.05) is 6.54 Å². The van der Waals surface area contributed by atoms with Crippen LogP contribution in [0.1, 0.15) is 38.8 Å². The zero-order chi connectivity index (χ0) is 21.4. The van der Waals surface area contributed by atoms with E-state index in [0.29, 0.717) is 0 Å². The van der Waals surface area contributed by atoms with Crippen LogP contribution in [-0.4, -0.2) is 22.5 Å². The van der Waals surface area contributed by atoms with Gasteiger partial charge in [-0.05, 0) is 56.9 Å². The molecule has 0 aromatic heterocycles. The van der Waals surface area contributed by atoms with Crippen LogP contribution < -0.4 is 10.2 Å². The molecule has 0 amide bonds. The molecular formula is C20H23BF3NO3S. The van der Waals surface area contributed by atoms with Gasteiger partial charge in [-0.1, -0.05) is 30.3 Å². The van der Waals surface area contributed by atoms with Crippen molar-refractivity contribution >= 4 is 23.6 Å². The standard InChI is InChI=1S/C20H23BF3NO3S/c1-18(2)19(3,4)28-21(27-18)16-9-5-7-14(11-16)13-25-29(26)17-10-6-8-15(12-17)20(22,23)24/h5-12,25H,13H2,1-4H3. The lowest BCUT2D eigenvalue weighted by atomic mass is 9.78. The summed E-state index contributed by atoms with van der Waals surface area (Å²) in [6, 6.07) is 11.9. The fraction of sp³-hybridized carbons (Fsp3) is 0.400. The predicted octanol–water partition coefficient (Wildman–Crippen LogP) is 3.82. The van der Waals surface area contributed by atoms with Crippen LogP contribution in [0.5, 0.6) is 0 Å². The lowest BCUT2D eigenvalue weighted by Gasteiger charge is -2.32. The van der Waals surface area contributed by atoms with Crippen molar-refractivity contribution in [2.45, 2.75) is 56.5 Å². The van der Waals surface area contributed by atoms with Gasteiger partial charge in [-0.2, -0.15) is 13.2 Å². The van der Waals surface area contributed by atoms with Crippen molar-refractivity contribution in [2.24, 2.45) is 0 Å². The van der Waals surface area contributed by atoms with Crippen LogP contribution in [-0.2, 0) is 33.0 Å². The van der Waals surface area contributed by atoms with E-state index in [4.69, 9.17) is 9.31 Å². The maximum Gasteiger partial charge on any atom is 0.494 e. The number of nitrogens with one attached hydrogen (secondary N) is 1. The van der Waals surface area contributed by atoms with E-state index in [-0.39, 0.29) is 11.4 Å². The molecule has 1 N–H and O–H groups in total. The number of alkyl halides is 3. The Labute approximate surface area is 171 Å². The van der Waals surface area contributed by atoms with Gasteiger partial charge in [0.1, 0.15) is 11.0 Å². The first-order valence-electron chi connectivity index (χ1n) is 9.16. The smallest absolute Gasteiger partial charge is 0.399 e. The summed E-state index contributed by atoms with van der Waals surface area (Å²) in [5.74, 6) is 0. The molecule has 1 saturated heterocycles. The Hall–Kier alpha value is -1.68. The Morgan fingerprint density at radius 1 is 1.00 bits per heavy atom. The monoisotopic (exact) mass is 425 g/mol. The van der Waals surface area contributed by atoms with Gasteiger partial charge in [0.2, 0.25) is 0 Å². The number of benzene rings is 2. The second-order valence-electron chi connectivity index (χ2n) is 7.95. The second-order valence-corrected chi connectivity index (χ2v) is 9.25. The minimum atomic E-state index is -4.47. The van der Waals surface area contributed by atoms with Gasteiger partial charge in [0.15, 0.2) is 0 Å². The van der Waals surface area contributed by atoms with Gasteiger partial charge in [0.25, 0.3) is 0 Å². The summed E-state index contributed by atoms with van der Waals surface area (Å²) in [7, 11) is -2.29. The Balaban J connectivity index is 1.68. The molecule has 1 unspecified atom stereocenters. The molecule has 1 aliphatic rings. The highest BCUT2D eigenvalue weighted by Crippen LogP contribution is 2.36. The molecular weight excluding hydrogens is 402 g/mol. The molecule has 156 valence electrons. The molecule has 2 aromatic rings. The van der Waals surface area contributed by atoms with Crippen molar-refractivity contribution < 1.29 is 26.7 Å². The molecule has 0 saturated carbocycles. The fourth-order valence-electron chi connectivity index (χ4n) is 2.85. The number of hydrogen-bond acceptors (Lipinski definition) is 3. The summed E-state index contributed by atoms with van der Waals surface area (Å²) >= 11 is 0. The van der Waals surface area contributed by atoms with Gasteiger partial charge in [-0.15, -0.1) is 0 Å². The average molecular weight is 425 g/mol. The van der Waals surface area contributed by atoms with Crippen LogP contribution in [0, 0.1) is 0 Å². The summed E-state index contributed by atoms with van der Waals surface area (Å²) in [4.78, 5) is 0.0712. The molecule has 4 nitrogen and oxygen atoms in total. The van der Waals surface area contributed by atoms with Crippen molar-refractivity contribution in [1.82, 2.24) is 4.72 Å². The Morgan fingerprint density at radius 2 is 1.62 bits per heavy atom. The molecule has 29 heavy (non-hydrogen) atoms. The molecule has 2 aromatic carbocycles. The van der Waals surface area contributed by atoms with Crippen LogP contribution >= 0.6 is 0 Å². The number of rotatable bonds is 5. The quantitative estimate of drug-likeness (QED) is 0.742.